The van der Waals surface area contributed by atoms with E-state index in [1.165, 1.54) is 12.8 Å². The second-order valence-corrected chi connectivity index (χ2v) is 8.12. The van der Waals surface area contributed by atoms with Gasteiger partial charge in [0.15, 0.2) is 0 Å². The first-order valence-electron chi connectivity index (χ1n) is 8.40. The summed E-state index contributed by atoms with van der Waals surface area (Å²) in [5, 5.41) is 3.07. The monoisotopic (exact) mass is 297 g/mol. The molecule has 4 nitrogen and oxygen atoms in total. The van der Waals surface area contributed by atoms with Crippen molar-refractivity contribution in [1.29, 1.82) is 0 Å². The third-order valence-corrected chi connectivity index (χ3v) is 4.76. The quantitative estimate of drug-likeness (QED) is 0.818. The van der Waals surface area contributed by atoms with Crippen molar-refractivity contribution in [2.75, 3.05) is 19.6 Å². The number of piperidine rings is 1. The maximum Gasteiger partial charge on any atom is 0.237 e. The number of carbonyl (C=O) groups excluding carboxylic acids is 1. The second-order valence-electron chi connectivity index (χ2n) is 8.12. The number of rotatable bonds is 5. The van der Waals surface area contributed by atoms with Crippen LogP contribution >= 0.6 is 0 Å². The first kappa shape index (κ1) is 18.4. The van der Waals surface area contributed by atoms with Crippen LogP contribution in [0.25, 0.3) is 0 Å². The molecular weight excluding hydrogens is 262 g/mol. The van der Waals surface area contributed by atoms with Crippen LogP contribution in [-0.4, -0.2) is 42.5 Å². The van der Waals surface area contributed by atoms with Crippen LogP contribution in [-0.2, 0) is 4.79 Å². The summed E-state index contributed by atoms with van der Waals surface area (Å²) in [6.45, 7) is 15.8. The van der Waals surface area contributed by atoms with Crippen LogP contribution in [0, 0.1) is 17.3 Å². The average molecular weight is 297 g/mol. The van der Waals surface area contributed by atoms with E-state index in [1.807, 2.05) is 20.8 Å². The summed E-state index contributed by atoms with van der Waals surface area (Å²) in [5.74, 6) is 1.33. The van der Waals surface area contributed by atoms with Gasteiger partial charge >= 0.3 is 0 Å². The van der Waals surface area contributed by atoms with Crippen LogP contribution in [0.2, 0.25) is 0 Å². The highest BCUT2D eigenvalue weighted by Gasteiger charge is 2.30. The molecule has 0 radical (unpaired) electrons. The maximum absolute atomic E-state index is 12.2. The lowest BCUT2D eigenvalue weighted by atomic mass is 9.87. The number of amides is 1. The molecule has 1 heterocycles. The minimum absolute atomic E-state index is 0.0291. The molecule has 0 spiro atoms. The topological polar surface area (TPSA) is 58.4 Å². The highest BCUT2D eigenvalue weighted by atomic mass is 16.2. The van der Waals surface area contributed by atoms with Gasteiger partial charge in [-0.2, -0.15) is 0 Å². The third-order valence-electron chi connectivity index (χ3n) is 4.76. The van der Waals surface area contributed by atoms with Gasteiger partial charge < -0.3 is 11.1 Å². The molecule has 1 aliphatic heterocycles. The molecule has 1 unspecified atom stereocenters. The van der Waals surface area contributed by atoms with Gasteiger partial charge in [-0.15, -0.1) is 0 Å². The molecule has 1 fully saturated rings. The van der Waals surface area contributed by atoms with Crippen molar-refractivity contribution < 1.29 is 4.79 Å². The SMILES string of the molecule is CC1CCN(C(CNC(=O)[C@@H](N)C(C)(C)C)C(C)C)CC1. The summed E-state index contributed by atoms with van der Waals surface area (Å²) in [4.78, 5) is 14.7. The van der Waals surface area contributed by atoms with Gasteiger partial charge in [0.1, 0.15) is 0 Å². The van der Waals surface area contributed by atoms with Crippen LogP contribution in [0.4, 0.5) is 0 Å². The summed E-state index contributed by atoms with van der Waals surface area (Å²) in [7, 11) is 0. The Morgan fingerprint density at radius 2 is 1.81 bits per heavy atom. The number of nitrogens with zero attached hydrogens (tertiary/aromatic N) is 1. The van der Waals surface area contributed by atoms with E-state index in [4.69, 9.17) is 5.73 Å². The van der Waals surface area contributed by atoms with Gasteiger partial charge in [-0.1, -0.05) is 41.5 Å². The standard InChI is InChI=1S/C17H35N3O/c1-12(2)14(20-9-7-13(3)8-10-20)11-19-16(21)15(18)17(4,5)6/h12-15H,7-11,18H2,1-6H3,(H,19,21)/t14?,15-/m1/s1. The summed E-state index contributed by atoms with van der Waals surface area (Å²) in [6, 6.07) is -0.0414. The highest BCUT2D eigenvalue weighted by Crippen LogP contribution is 2.21. The van der Waals surface area contributed by atoms with Crippen LogP contribution in [0.5, 0.6) is 0 Å². The summed E-state index contributed by atoms with van der Waals surface area (Å²) in [6.07, 6.45) is 2.53. The molecule has 3 N–H and O–H groups in total. The lowest BCUT2D eigenvalue weighted by Gasteiger charge is -2.39. The largest absolute Gasteiger partial charge is 0.353 e. The summed E-state index contributed by atoms with van der Waals surface area (Å²) >= 11 is 0. The molecule has 0 aromatic rings. The van der Waals surface area contributed by atoms with Crippen LogP contribution in [0.15, 0.2) is 0 Å². The van der Waals surface area contributed by atoms with E-state index in [2.05, 4.69) is 31.0 Å². The van der Waals surface area contributed by atoms with E-state index in [0.29, 0.717) is 18.5 Å². The Morgan fingerprint density at radius 1 is 1.29 bits per heavy atom. The highest BCUT2D eigenvalue weighted by molar-refractivity contribution is 5.82. The van der Waals surface area contributed by atoms with Gasteiger partial charge in [0, 0.05) is 12.6 Å². The van der Waals surface area contributed by atoms with Crippen molar-refractivity contribution in [3.8, 4) is 0 Å². The molecule has 1 aliphatic rings. The average Bonchev–Trinajstić information content (AvgIpc) is 2.38. The fourth-order valence-electron chi connectivity index (χ4n) is 2.86. The van der Waals surface area contributed by atoms with E-state index < -0.39 is 6.04 Å². The van der Waals surface area contributed by atoms with Crippen LogP contribution in [0.3, 0.4) is 0 Å². The Bertz CT molecular complexity index is 327. The zero-order valence-corrected chi connectivity index (χ0v) is 14.8. The van der Waals surface area contributed by atoms with E-state index in [9.17, 15) is 4.79 Å². The van der Waals surface area contributed by atoms with Crippen molar-refractivity contribution >= 4 is 5.91 Å². The van der Waals surface area contributed by atoms with E-state index in [0.717, 1.165) is 19.0 Å². The number of likely N-dealkylation sites (tertiary alicyclic amines) is 1. The van der Waals surface area contributed by atoms with Gasteiger partial charge in [0.2, 0.25) is 5.91 Å². The van der Waals surface area contributed by atoms with Gasteiger partial charge in [-0.05, 0) is 43.2 Å². The predicted molar refractivity (Wildman–Crippen MR) is 89.0 cm³/mol. The number of nitrogens with two attached hydrogens (primary N) is 1. The van der Waals surface area contributed by atoms with Crippen molar-refractivity contribution in [3.63, 3.8) is 0 Å². The lowest BCUT2D eigenvalue weighted by Crippen LogP contribution is -2.54. The molecule has 0 aliphatic carbocycles. The van der Waals surface area contributed by atoms with Gasteiger partial charge in [-0.3, -0.25) is 9.69 Å². The Balaban J connectivity index is 2.54. The lowest BCUT2D eigenvalue weighted by molar-refractivity contribution is -0.124. The fourth-order valence-corrected chi connectivity index (χ4v) is 2.86. The molecule has 21 heavy (non-hydrogen) atoms. The Kier molecular flexibility index (Phi) is 6.67. The molecular formula is C17H35N3O. The van der Waals surface area contributed by atoms with Gasteiger partial charge in [-0.25, -0.2) is 0 Å². The van der Waals surface area contributed by atoms with Gasteiger partial charge in [0.05, 0.1) is 6.04 Å². The number of hydrogen-bond donors (Lipinski definition) is 2. The molecule has 0 bridgehead atoms. The first-order chi connectivity index (χ1) is 9.62. The van der Waals surface area contributed by atoms with E-state index >= 15 is 0 Å². The minimum atomic E-state index is -0.452. The van der Waals surface area contributed by atoms with E-state index in [1.54, 1.807) is 0 Å². The Morgan fingerprint density at radius 3 is 2.24 bits per heavy atom. The zero-order valence-electron chi connectivity index (χ0n) is 14.8. The smallest absolute Gasteiger partial charge is 0.237 e. The normalized spacial score (nSPS) is 21.3. The van der Waals surface area contributed by atoms with Crippen LogP contribution < -0.4 is 11.1 Å². The predicted octanol–water partition coefficient (Wildman–Crippen LogP) is 2.23. The number of hydrogen-bond acceptors (Lipinski definition) is 3. The molecule has 2 atom stereocenters. The van der Waals surface area contributed by atoms with Crippen molar-refractivity contribution in [2.24, 2.45) is 23.0 Å². The van der Waals surface area contributed by atoms with Crippen molar-refractivity contribution in [1.82, 2.24) is 10.2 Å². The number of nitrogens with one attached hydrogen (secondary N) is 1. The zero-order chi connectivity index (χ0) is 16.2. The Labute approximate surface area is 130 Å². The molecule has 0 aromatic heterocycles. The van der Waals surface area contributed by atoms with E-state index in [-0.39, 0.29) is 11.3 Å². The van der Waals surface area contributed by atoms with Gasteiger partial charge in [0.25, 0.3) is 0 Å². The fraction of sp³-hybridized carbons (Fsp3) is 0.941. The molecule has 124 valence electrons. The molecule has 1 rings (SSSR count). The third kappa shape index (κ3) is 5.59. The van der Waals surface area contributed by atoms with Crippen molar-refractivity contribution in [2.45, 2.75) is 66.5 Å². The Hall–Kier alpha value is -0.610. The molecule has 4 heteroatoms. The minimum Gasteiger partial charge on any atom is -0.353 e. The van der Waals surface area contributed by atoms with Crippen molar-refractivity contribution in [3.05, 3.63) is 0 Å². The number of carbonyl (C=O) groups is 1. The molecule has 0 aromatic carbocycles. The second kappa shape index (κ2) is 7.59. The molecule has 0 saturated carbocycles. The molecule has 1 saturated heterocycles. The first-order valence-corrected chi connectivity index (χ1v) is 8.40. The summed E-state index contributed by atoms with van der Waals surface area (Å²) < 4.78 is 0. The molecule has 1 amide bonds. The maximum atomic E-state index is 12.2. The summed E-state index contributed by atoms with van der Waals surface area (Å²) in [5.41, 5.74) is 5.83. The van der Waals surface area contributed by atoms with Crippen LogP contribution in [0.1, 0.15) is 54.4 Å².